The summed E-state index contributed by atoms with van der Waals surface area (Å²) in [5.41, 5.74) is 0.457. The molecule has 1 fully saturated rings. The van der Waals surface area contributed by atoms with Gasteiger partial charge in [0, 0.05) is 5.92 Å². The van der Waals surface area contributed by atoms with Gasteiger partial charge in [0.2, 0.25) is 0 Å². The van der Waals surface area contributed by atoms with Crippen LogP contribution in [0.1, 0.15) is 24.6 Å². The zero-order chi connectivity index (χ0) is 13.2. The van der Waals surface area contributed by atoms with Crippen molar-refractivity contribution in [1.82, 2.24) is 20.1 Å². The number of rotatable bonds is 2. The first-order chi connectivity index (χ1) is 9.27. The van der Waals surface area contributed by atoms with E-state index in [1.54, 1.807) is 10.6 Å². The Bertz CT molecular complexity index is 628. The second kappa shape index (κ2) is 5.19. The second-order valence-electron chi connectivity index (χ2n) is 4.70. The maximum absolute atomic E-state index is 12.0. The molecule has 5 nitrogen and oxygen atoms in total. The minimum atomic E-state index is -0.235. The van der Waals surface area contributed by atoms with Crippen LogP contribution in [0.15, 0.2) is 29.1 Å². The molecule has 1 aliphatic heterocycles. The molecule has 0 spiro atoms. The van der Waals surface area contributed by atoms with Crippen LogP contribution in [0, 0.1) is 0 Å². The molecule has 3 rings (SSSR count). The molecule has 2 aromatic rings. The zero-order valence-electron chi connectivity index (χ0n) is 10.4. The third-order valence-electron chi connectivity index (χ3n) is 3.50. The van der Waals surface area contributed by atoms with E-state index < -0.39 is 0 Å². The lowest BCUT2D eigenvalue weighted by Crippen LogP contribution is -2.29. The van der Waals surface area contributed by atoms with Gasteiger partial charge in [-0.2, -0.15) is 5.10 Å². The molecule has 0 amide bonds. The lowest BCUT2D eigenvalue weighted by atomic mass is 9.97. The van der Waals surface area contributed by atoms with Crippen molar-refractivity contribution in [2.24, 2.45) is 0 Å². The van der Waals surface area contributed by atoms with Gasteiger partial charge in [-0.3, -0.25) is 0 Å². The van der Waals surface area contributed by atoms with Gasteiger partial charge in [0.1, 0.15) is 5.82 Å². The quantitative estimate of drug-likeness (QED) is 0.879. The number of H-pyrrole nitrogens is 1. The van der Waals surface area contributed by atoms with Crippen LogP contribution in [-0.4, -0.2) is 27.9 Å². The molecule has 1 aromatic heterocycles. The van der Waals surface area contributed by atoms with Gasteiger partial charge in [-0.05, 0) is 38.1 Å². The van der Waals surface area contributed by atoms with Crippen LogP contribution >= 0.6 is 11.6 Å². The number of aromatic nitrogens is 3. The van der Waals surface area contributed by atoms with Crippen LogP contribution in [0.3, 0.4) is 0 Å². The Morgan fingerprint density at radius 3 is 2.74 bits per heavy atom. The van der Waals surface area contributed by atoms with E-state index in [2.05, 4.69) is 15.5 Å². The van der Waals surface area contributed by atoms with Gasteiger partial charge in [0.25, 0.3) is 0 Å². The lowest BCUT2D eigenvalue weighted by Gasteiger charge is -2.22. The highest BCUT2D eigenvalue weighted by Crippen LogP contribution is 2.26. The fourth-order valence-corrected chi connectivity index (χ4v) is 2.75. The molecule has 100 valence electrons. The highest BCUT2D eigenvalue weighted by molar-refractivity contribution is 6.32. The molecule has 1 aromatic carbocycles. The number of aromatic amines is 1. The predicted octanol–water partition coefficient (Wildman–Crippen LogP) is 1.68. The van der Waals surface area contributed by atoms with Gasteiger partial charge < -0.3 is 5.32 Å². The Labute approximate surface area is 115 Å². The summed E-state index contributed by atoms with van der Waals surface area (Å²) in [7, 11) is 0. The Morgan fingerprint density at radius 2 is 2.00 bits per heavy atom. The number of para-hydroxylation sites is 1. The van der Waals surface area contributed by atoms with Crippen LogP contribution in [0.4, 0.5) is 0 Å². The standard InChI is InChI=1S/C13H15ClN4O/c14-10-3-1-2-4-11(10)18-12(16-17-13(18)19)9-5-7-15-8-6-9/h1-4,9,15H,5-8H2,(H,17,19). The summed E-state index contributed by atoms with van der Waals surface area (Å²) >= 11 is 6.18. The molecule has 0 aliphatic carbocycles. The van der Waals surface area contributed by atoms with Crippen molar-refractivity contribution < 1.29 is 0 Å². The van der Waals surface area contributed by atoms with E-state index in [4.69, 9.17) is 11.6 Å². The number of nitrogens with one attached hydrogen (secondary N) is 2. The fraction of sp³-hybridized carbons (Fsp3) is 0.385. The number of piperidine rings is 1. The van der Waals surface area contributed by atoms with E-state index in [1.807, 2.05) is 18.2 Å². The summed E-state index contributed by atoms with van der Waals surface area (Å²) < 4.78 is 1.60. The van der Waals surface area contributed by atoms with Crippen molar-refractivity contribution in [3.05, 3.63) is 45.6 Å². The average molecular weight is 279 g/mol. The zero-order valence-corrected chi connectivity index (χ0v) is 11.2. The Morgan fingerprint density at radius 1 is 1.26 bits per heavy atom. The largest absolute Gasteiger partial charge is 0.348 e. The molecule has 1 saturated heterocycles. The van der Waals surface area contributed by atoms with E-state index in [9.17, 15) is 4.79 Å². The van der Waals surface area contributed by atoms with Crippen molar-refractivity contribution in [2.45, 2.75) is 18.8 Å². The molecular formula is C13H15ClN4O. The molecule has 0 unspecified atom stereocenters. The van der Waals surface area contributed by atoms with Gasteiger partial charge >= 0.3 is 5.69 Å². The van der Waals surface area contributed by atoms with Crippen LogP contribution in [0.5, 0.6) is 0 Å². The first kappa shape index (κ1) is 12.4. The number of benzene rings is 1. The fourth-order valence-electron chi connectivity index (χ4n) is 2.53. The molecule has 19 heavy (non-hydrogen) atoms. The summed E-state index contributed by atoms with van der Waals surface area (Å²) in [5.74, 6) is 1.07. The number of halogens is 1. The SMILES string of the molecule is O=c1[nH]nc(C2CCNCC2)n1-c1ccccc1Cl. The maximum atomic E-state index is 12.0. The maximum Gasteiger partial charge on any atom is 0.348 e. The van der Waals surface area contributed by atoms with Crippen LogP contribution < -0.4 is 11.0 Å². The van der Waals surface area contributed by atoms with Gasteiger partial charge in [0.15, 0.2) is 0 Å². The summed E-state index contributed by atoms with van der Waals surface area (Å²) in [6.45, 7) is 1.91. The number of hydrogen-bond donors (Lipinski definition) is 2. The first-order valence-corrected chi connectivity index (χ1v) is 6.78. The normalized spacial score (nSPS) is 16.7. The molecule has 0 saturated carbocycles. The Hall–Kier alpha value is -1.59. The van der Waals surface area contributed by atoms with Crippen molar-refractivity contribution in [2.75, 3.05) is 13.1 Å². The third-order valence-corrected chi connectivity index (χ3v) is 3.82. The van der Waals surface area contributed by atoms with E-state index >= 15 is 0 Å². The van der Waals surface area contributed by atoms with Gasteiger partial charge in [0.05, 0.1) is 10.7 Å². The molecule has 2 heterocycles. The third kappa shape index (κ3) is 2.31. The van der Waals surface area contributed by atoms with Gasteiger partial charge in [-0.1, -0.05) is 23.7 Å². The van der Waals surface area contributed by atoms with E-state index in [1.165, 1.54) is 0 Å². The lowest BCUT2D eigenvalue weighted by molar-refractivity contribution is 0.440. The van der Waals surface area contributed by atoms with Crippen LogP contribution in [-0.2, 0) is 0 Å². The molecule has 1 aliphatic rings. The Kier molecular flexibility index (Phi) is 3.40. The van der Waals surface area contributed by atoms with E-state index in [0.29, 0.717) is 10.7 Å². The number of nitrogens with zero attached hydrogens (tertiary/aromatic N) is 2. The van der Waals surface area contributed by atoms with Crippen LogP contribution in [0.2, 0.25) is 5.02 Å². The summed E-state index contributed by atoms with van der Waals surface area (Å²) in [4.78, 5) is 12.0. The Balaban J connectivity index is 2.08. The predicted molar refractivity (Wildman–Crippen MR) is 74.0 cm³/mol. The molecular weight excluding hydrogens is 264 g/mol. The highest BCUT2D eigenvalue weighted by Gasteiger charge is 2.23. The highest BCUT2D eigenvalue weighted by atomic mass is 35.5. The van der Waals surface area contributed by atoms with Crippen molar-refractivity contribution in [1.29, 1.82) is 0 Å². The molecule has 2 N–H and O–H groups in total. The molecule has 6 heteroatoms. The monoisotopic (exact) mass is 278 g/mol. The van der Waals surface area contributed by atoms with E-state index in [-0.39, 0.29) is 11.6 Å². The topological polar surface area (TPSA) is 62.7 Å². The summed E-state index contributed by atoms with van der Waals surface area (Å²) in [6, 6.07) is 7.33. The first-order valence-electron chi connectivity index (χ1n) is 6.40. The van der Waals surface area contributed by atoms with Crippen molar-refractivity contribution >= 4 is 11.6 Å². The minimum Gasteiger partial charge on any atom is -0.317 e. The molecule has 0 bridgehead atoms. The summed E-state index contributed by atoms with van der Waals surface area (Å²) in [5, 5.41) is 10.6. The number of hydrogen-bond acceptors (Lipinski definition) is 3. The summed E-state index contributed by atoms with van der Waals surface area (Å²) in [6.07, 6.45) is 1.96. The molecule has 0 atom stereocenters. The average Bonchev–Trinajstić information content (AvgIpc) is 2.82. The van der Waals surface area contributed by atoms with E-state index in [0.717, 1.165) is 31.8 Å². The van der Waals surface area contributed by atoms with Gasteiger partial charge in [-0.25, -0.2) is 14.5 Å². The van der Waals surface area contributed by atoms with Crippen molar-refractivity contribution in [3.63, 3.8) is 0 Å². The minimum absolute atomic E-state index is 0.235. The van der Waals surface area contributed by atoms with Gasteiger partial charge in [-0.15, -0.1) is 0 Å². The smallest absolute Gasteiger partial charge is 0.317 e. The van der Waals surface area contributed by atoms with Crippen molar-refractivity contribution in [3.8, 4) is 5.69 Å². The molecule has 0 radical (unpaired) electrons. The van der Waals surface area contributed by atoms with Crippen LogP contribution in [0.25, 0.3) is 5.69 Å². The second-order valence-corrected chi connectivity index (χ2v) is 5.11.